The van der Waals surface area contributed by atoms with Crippen LogP contribution in [0, 0.1) is 0 Å². The fraction of sp³-hybridized carbons (Fsp3) is 0.474. The Balaban J connectivity index is 1.54. The Hall–Kier alpha value is -2.18. The molecule has 0 unspecified atom stereocenters. The molecule has 2 aromatic heterocycles. The average molecular weight is 341 g/mol. The molecule has 2 fully saturated rings. The van der Waals surface area contributed by atoms with Crippen LogP contribution in [0.1, 0.15) is 29.1 Å². The Labute approximate surface area is 147 Å². The van der Waals surface area contributed by atoms with Gasteiger partial charge in [-0.3, -0.25) is 14.7 Å². The molecule has 0 radical (unpaired) electrons. The molecule has 2 aliphatic heterocycles. The van der Waals surface area contributed by atoms with Crippen LogP contribution >= 0.6 is 0 Å². The molecule has 2 saturated heterocycles. The zero-order valence-corrected chi connectivity index (χ0v) is 14.4. The molecule has 3 atom stereocenters. The number of rotatable bonds is 4. The van der Waals surface area contributed by atoms with Crippen LogP contribution in [0.5, 0.6) is 0 Å². The molecule has 2 aliphatic rings. The molecule has 2 aromatic rings. The highest BCUT2D eigenvalue weighted by atomic mass is 16.5. The number of carbonyl (C=O) groups is 1. The van der Waals surface area contributed by atoms with Gasteiger partial charge in [-0.2, -0.15) is 0 Å². The van der Waals surface area contributed by atoms with E-state index in [0.717, 1.165) is 25.2 Å². The van der Waals surface area contributed by atoms with Gasteiger partial charge in [0.15, 0.2) is 0 Å². The van der Waals surface area contributed by atoms with Crippen molar-refractivity contribution in [1.82, 2.24) is 14.8 Å². The maximum absolute atomic E-state index is 13.0. The van der Waals surface area contributed by atoms with Crippen molar-refractivity contribution < 1.29 is 13.9 Å². The zero-order chi connectivity index (χ0) is 17.2. The Morgan fingerprint density at radius 2 is 2.28 bits per heavy atom. The lowest BCUT2D eigenvalue weighted by atomic mass is 10.00. The lowest BCUT2D eigenvalue weighted by Crippen LogP contribution is -2.46. The number of likely N-dealkylation sites (tertiary alicyclic amines) is 1. The number of hydrogen-bond donors (Lipinski definition) is 0. The number of carbonyl (C=O) groups excluding carboxylic acids is 1. The van der Waals surface area contributed by atoms with Gasteiger partial charge in [-0.15, -0.1) is 0 Å². The van der Waals surface area contributed by atoms with Crippen molar-refractivity contribution >= 4 is 5.91 Å². The lowest BCUT2D eigenvalue weighted by Gasteiger charge is -2.34. The molecule has 6 nitrogen and oxygen atoms in total. The van der Waals surface area contributed by atoms with Gasteiger partial charge in [0.25, 0.3) is 5.91 Å². The van der Waals surface area contributed by atoms with Crippen LogP contribution in [0.25, 0.3) is 0 Å². The number of likely N-dealkylation sites (N-methyl/N-ethyl adjacent to an activating group) is 1. The SMILES string of the molecule is CN(Cc1ccco1)[C@@H]1CN(C(=O)c2ccccn2)[C@@H]2CCCO[C@H]12. The number of hydrogen-bond acceptors (Lipinski definition) is 5. The molecule has 132 valence electrons. The Morgan fingerprint density at radius 1 is 1.36 bits per heavy atom. The van der Waals surface area contributed by atoms with Crippen LogP contribution in [-0.4, -0.2) is 59.1 Å². The van der Waals surface area contributed by atoms with E-state index in [-0.39, 0.29) is 24.1 Å². The molecule has 0 aliphatic carbocycles. The van der Waals surface area contributed by atoms with Crippen molar-refractivity contribution in [1.29, 1.82) is 0 Å². The minimum Gasteiger partial charge on any atom is -0.468 e. The van der Waals surface area contributed by atoms with Crippen LogP contribution in [0.4, 0.5) is 0 Å². The second kappa shape index (κ2) is 6.98. The van der Waals surface area contributed by atoms with Crippen molar-refractivity contribution in [2.75, 3.05) is 20.2 Å². The van der Waals surface area contributed by atoms with Crippen molar-refractivity contribution in [2.45, 2.75) is 37.6 Å². The maximum atomic E-state index is 13.0. The Morgan fingerprint density at radius 3 is 3.04 bits per heavy atom. The van der Waals surface area contributed by atoms with Crippen LogP contribution in [0.2, 0.25) is 0 Å². The van der Waals surface area contributed by atoms with E-state index < -0.39 is 0 Å². The van der Waals surface area contributed by atoms with Crippen molar-refractivity contribution in [3.63, 3.8) is 0 Å². The number of fused-ring (bicyclic) bond motifs is 1. The minimum atomic E-state index is -0.00463. The van der Waals surface area contributed by atoms with Gasteiger partial charge in [0.05, 0.1) is 31.0 Å². The maximum Gasteiger partial charge on any atom is 0.272 e. The highest BCUT2D eigenvalue weighted by Crippen LogP contribution is 2.32. The first-order valence-corrected chi connectivity index (χ1v) is 8.80. The van der Waals surface area contributed by atoms with E-state index in [2.05, 4.69) is 16.9 Å². The van der Waals surface area contributed by atoms with Crippen molar-refractivity contribution in [3.05, 3.63) is 54.2 Å². The molecule has 4 heterocycles. The minimum absolute atomic E-state index is 0.00463. The first-order chi connectivity index (χ1) is 12.2. The summed E-state index contributed by atoms with van der Waals surface area (Å²) in [6, 6.07) is 9.60. The van der Waals surface area contributed by atoms with Gasteiger partial charge in [0, 0.05) is 19.3 Å². The molecular formula is C19H23N3O3. The smallest absolute Gasteiger partial charge is 0.272 e. The van der Waals surface area contributed by atoms with Gasteiger partial charge in [-0.1, -0.05) is 6.07 Å². The fourth-order valence-electron chi connectivity index (χ4n) is 3.95. The largest absolute Gasteiger partial charge is 0.468 e. The fourth-order valence-corrected chi connectivity index (χ4v) is 3.95. The number of furan rings is 1. The van der Waals surface area contributed by atoms with Gasteiger partial charge in [-0.25, -0.2) is 0 Å². The summed E-state index contributed by atoms with van der Waals surface area (Å²) < 4.78 is 11.6. The van der Waals surface area contributed by atoms with E-state index in [9.17, 15) is 4.79 Å². The van der Waals surface area contributed by atoms with Crippen LogP contribution in [-0.2, 0) is 11.3 Å². The van der Waals surface area contributed by atoms with Crippen molar-refractivity contribution in [2.24, 2.45) is 0 Å². The lowest BCUT2D eigenvalue weighted by molar-refractivity contribution is -0.0364. The van der Waals surface area contributed by atoms with E-state index in [1.54, 1.807) is 18.5 Å². The molecule has 0 saturated carbocycles. The summed E-state index contributed by atoms with van der Waals surface area (Å²) in [6.07, 6.45) is 5.37. The molecular weight excluding hydrogens is 318 g/mol. The molecule has 25 heavy (non-hydrogen) atoms. The second-order valence-corrected chi connectivity index (χ2v) is 6.78. The highest BCUT2D eigenvalue weighted by Gasteiger charge is 2.47. The summed E-state index contributed by atoms with van der Waals surface area (Å²) in [5.74, 6) is 0.916. The Bertz CT molecular complexity index is 704. The zero-order valence-electron chi connectivity index (χ0n) is 14.4. The number of pyridine rings is 1. The van der Waals surface area contributed by atoms with E-state index >= 15 is 0 Å². The summed E-state index contributed by atoms with van der Waals surface area (Å²) in [7, 11) is 2.07. The standard InChI is InChI=1S/C19H23N3O3/c1-21(12-14-6-4-10-24-14)17-13-22(16-8-5-11-25-18(16)17)19(23)15-7-2-3-9-20-15/h2-4,6-7,9-10,16-18H,5,8,11-13H2,1H3/t16-,17-,18+/m1/s1. The van der Waals surface area contributed by atoms with Crippen LogP contribution in [0.15, 0.2) is 47.2 Å². The third-order valence-corrected chi connectivity index (χ3v) is 5.19. The molecule has 1 amide bonds. The van der Waals surface area contributed by atoms with Crippen LogP contribution < -0.4 is 0 Å². The molecule has 0 aromatic carbocycles. The topological polar surface area (TPSA) is 58.8 Å². The van der Waals surface area contributed by atoms with Gasteiger partial charge in [-0.05, 0) is 44.2 Å². The first kappa shape index (κ1) is 16.3. The quantitative estimate of drug-likeness (QED) is 0.853. The molecule has 0 spiro atoms. The third kappa shape index (κ3) is 3.19. The predicted molar refractivity (Wildman–Crippen MR) is 92.0 cm³/mol. The van der Waals surface area contributed by atoms with E-state index in [4.69, 9.17) is 9.15 Å². The first-order valence-electron chi connectivity index (χ1n) is 8.80. The number of nitrogens with zero attached hydrogens (tertiary/aromatic N) is 3. The summed E-state index contributed by atoms with van der Waals surface area (Å²) in [5, 5.41) is 0. The van der Waals surface area contributed by atoms with Crippen LogP contribution in [0.3, 0.4) is 0 Å². The normalized spacial score (nSPS) is 26.0. The van der Waals surface area contributed by atoms with Gasteiger partial charge in [0.2, 0.25) is 0 Å². The average Bonchev–Trinajstić information content (AvgIpc) is 3.29. The third-order valence-electron chi connectivity index (χ3n) is 5.19. The predicted octanol–water partition coefficient (Wildman–Crippen LogP) is 2.18. The summed E-state index contributed by atoms with van der Waals surface area (Å²) >= 11 is 0. The number of aromatic nitrogens is 1. The summed E-state index contributed by atoms with van der Waals surface area (Å²) in [5.41, 5.74) is 0.501. The van der Waals surface area contributed by atoms with Crippen molar-refractivity contribution in [3.8, 4) is 0 Å². The number of ether oxygens (including phenoxy) is 1. The number of amides is 1. The van der Waals surface area contributed by atoms with Gasteiger partial charge in [0.1, 0.15) is 11.5 Å². The summed E-state index contributed by atoms with van der Waals surface area (Å²) in [6.45, 7) is 2.12. The molecule has 0 N–H and O–H groups in total. The van der Waals surface area contributed by atoms with E-state index in [0.29, 0.717) is 18.8 Å². The van der Waals surface area contributed by atoms with Gasteiger partial charge < -0.3 is 14.1 Å². The molecule has 6 heteroatoms. The second-order valence-electron chi connectivity index (χ2n) is 6.78. The van der Waals surface area contributed by atoms with E-state index in [1.807, 2.05) is 29.2 Å². The Kier molecular flexibility index (Phi) is 4.55. The van der Waals surface area contributed by atoms with E-state index in [1.165, 1.54) is 0 Å². The van der Waals surface area contributed by atoms with Gasteiger partial charge >= 0.3 is 0 Å². The summed E-state index contributed by atoms with van der Waals surface area (Å²) in [4.78, 5) is 21.4. The monoisotopic (exact) mass is 341 g/mol. The molecule has 0 bridgehead atoms. The molecule has 4 rings (SSSR count). The highest BCUT2D eigenvalue weighted by molar-refractivity contribution is 5.92.